The Hall–Kier alpha value is -1.71. The average molecular weight is 233 g/mol. The van der Waals surface area contributed by atoms with Gasteiger partial charge < -0.3 is 0 Å². The van der Waals surface area contributed by atoms with Crippen molar-refractivity contribution in [3.8, 4) is 0 Å². The van der Waals surface area contributed by atoms with Gasteiger partial charge in [-0.15, -0.1) is 0 Å². The molecule has 1 aromatic rings. The van der Waals surface area contributed by atoms with Crippen LogP contribution in [0, 0.1) is 16.0 Å². The minimum atomic E-state index is -1.51. The maximum absolute atomic E-state index is 12.2. The van der Waals surface area contributed by atoms with Gasteiger partial charge in [0.25, 0.3) is 0 Å². The highest BCUT2D eigenvalue weighted by molar-refractivity contribution is 5.90. The molecule has 0 aliphatic heterocycles. The predicted octanol–water partition coefficient (Wildman–Crippen LogP) is 2.55. The lowest BCUT2D eigenvalue weighted by atomic mass is 9.72. The third-order valence-corrected chi connectivity index (χ3v) is 3.59. The molecular weight excluding hydrogens is 218 g/mol. The molecule has 2 rings (SSSR count). The molecule has 0 bridgehead atoms. The van der Waals surface area contributed by atoms with Gasteiger partial charge in [-0.25, -0.2) is 0 Å². The van der Waals surface area contributed by atoms with E-state index in [1.54, 1.807) is 37.3 Å². The summed E-state index contributed by atoms with van der Waals surface area (Å²) >= 11 is 0. The fourth-order valence-corrected chi connectivity index (χ4v) is 2.61. The van der Waals surface area contributed by atoms with Crippen LogP contribution in [0.25, 0.3) is 0 Å². The zero-order valence-electron chi connectivity index (χ0n) is 9.76. The second-order valence-electron chi connectivity index (χ2n) is 4.64. The van der Waals surface area contributed by atoms with Crippen LogP contribution in [0.3, 0.4) is 0 Å². The fraction of sp³-hybridized carbons (Fsp3) is 0.462. The summed E-state index contributed by atoms with van der Waals surface area (Å²) in [5.41, 5.74) is -1.000. The smallest absolute Gasteiger partial charge is 0.291 e. The lowest BCUT2D eigenvalue weighted by Gasteiger charge is -2.31. The van der Waals surface area contributed by atoms with Crippen molar-refractivity contribution in [3.05, 3.63) is 46.0 Å². The number of rotatable bonds is 2. The first-order chi connectivity index (χ1) is 8.09. The van der Waals surface area contributed by atoms with Gasteiger partial charge in [-0.3, -0.25) is 14.9 Å². The van der Waals surface area contributed by atoms with Crippen LogP contribution in [0.5, 0.6) is 0 Å². The number of Topliss-reactive ketones (excluding diaryl/α,β-unsaturated/α-hetero) is 1. The molecule has 0 radical (unpaired) electrons. The van der Waals surface area contributed by atoms with Crippen molar-refractivity contribution in [2.24, 2.45) is 5.92 Å². The molecular formula is C13H15NO3. The number of hydrogen-bond donors (Lipinski definition) is 0. The number of carbonyl (C=O) groups is 1. The maximum atomic E-state index is 12.2. The van der Waals surface area contributed by atoms with E-state index in [2.05, 4.69) is 0 Å². The van der Waals surface area contributed by atoms with Gasteiger partial charge in [-0.1, -0.05) is 37.3 Å². The zero-order valence-corrected chi connectivity index (χ0v) is 9.76. The van der Waals surface area contributed by atoms with Crippen molar-refractivity contribution in [1.29, 1.82) is 0 Å². The molecule has 1 aliphatic rings. The second-order valence-corrected chi connectivity index (χ2v) is 4.64. The highest BCUT2D eigenvalue weighted by Crippen LogP contribution is 2.39. The third kappa shape index (κ3) is 1.73. The molecule has 0 amide bonds. The largest absolute Gasteiger partial charge is 0.304 e. The van der Waals surface area contributed by atoms with Crippen molar-refractivity contribution in [2.45, 2.75) is 31.7 Å². The zero-order chi connectivity index (χ0) is 12.5. The van der Waals surface area contributed by atoms with Crippen LogP contribution in [-0.4, -0.2) is 10.7 Å². The Labute approximate surface area is 99.8 Å². The van der Waals surface area contributed by atoms with Gasteiger partial charge in [0, 0.05) is 22.8 Å². The molecule has 1 aliphatic carbocycles. The molecule has 0 saturated heterocycles. The lowest BCUT2D eigenvalue weighted by Crippen LogP contribution is -2.48. The van der Waals surface area contributed by atoms with E-state index in [-0.39, 0.29) is 11.7 Å². The average Bonchev–Trinajstić information content (AvgIpc) is 2.33. The third-order valence-electron chi connectivity index (χ3n) is 3.59. The summed E-state index contributed by atoms with van der Waals surface area (Å²) in [6.45, 7) is 1.78. The van der Waals surface area contributed by atoms with E-state index in [9.17, 15) is 14.9 Å². The Balaban J connectivity index is 2.53. The number of nitrogens with zero attached hydrogens (tertiary/aromatic N) is 1. The van der Waals surface area contributed by atoms with Gasteiger partial charge in [0.2, 0.25) is 5.78 Å². The Morgan fingerprint density at radius 2 is 2.00 bits per heavy atom. The Morgan fingerprint density at radius 1 is 1.35 bits per heavy atom. The number of hydrogen-bond acceptors (Lipinski definition) is 3. The number of carbonyl (C=O) groups excluding carboxylic acids is 1. The van der Waals surface area contributed by atoms with E-state index in [4.69, 9.17) is 0 Å². The van der Waals surface area contributed by atoms with Crippen molar-refractivity contribution in [3.63, 3.8) is 0 Å². The number of ketones is 1. The molecule has 0 N–H and O–H groups in total. The van der Waals surface area contributed by atoms with Crippen LogP contribution in [-0.2, 0) is 10.3 Å². The monoisotopic (exact) mass is 233 g/mol. The Morgan fingerprint density at radius 3 is 2.59 bits per heavy atom. The minimum Gasteiger partial charge on any atom is -0.291 e. The van der Waals surface area contributed by atoms with Crippen LogP contribution in [0.2, 0.25) is 0 Å². The van der Waals surface area contributed by atoms with Crippen molar-refractivity contribution in [2.75, 3.05) is 0 Å². The molecule has 4 nitrogen and oxygen atoms in total. The summed E-state index contributed by atoms with van der Waals surface area (Å²) in [7, 11) is 0. The number of benzene rings is 1. The van der Waals surface area contributed by atoms with Gasteiger partial charge >= 0.3 is 5.54 Å². The van der Waals surface area contributed by atoms with Gasteiger partial charge in [-0.2, -0.15) is 0 Å². The quantitative estimate of drug-likeness (QED) is 0.582. The Bertz CT molecular complexity index is 443. The SMILES string of the molecule is CC1CCCC(c2ccccc2)([N+](=O)[O-])C1=O. The first kappa shape index (κ1) is 11.8. The molecule has 4 heteroatoms. The molecule has 0 aromatic heterocycles. The van der Waals surface area contributed by atoms with Crippen molar-refractivity contribution in [1.82, 2.24) is 0 Å². The molecule has 1 aromatic carbocycles. The van der Waals surface area contributed by atoms with Crippen LogP contribution in [0.15, 0.2) is 30.3 Å². The summed E-state index contributed by atoms with van der Waals surface area (Å²) in [5.74, 6) is -0.477. The van der Waals surface area contributed by atoms with E-state index in [1.165, 1.54) is 0 Å². The highest BCUT2D eigenvalue weighted by atomic mass is 16.6. The van der Waals surface area contributed by atoms with Crippen molar-refractivity contribution >= 4 is 5.78 Å². The molecule has 17 heavy (non-hydrogen) atoms. The van der Waals surface area contributed by atoms with E-state index in [0.717, 1.165) is 12.8 Å². The van der Waals surface area contributed by atoms with E-state index in [1.807, 2.05) is 0 Å². The summed E-state index contributed by atoms with van der Waals surface area (Å²) in [5, 5.41) is 11.4. The molecule has 2 atom stereocenters. The first-order valence-electron chi connectivity index (χ1n) is 5.83. The van der Waals surface area contributed by atoms with E-state index in [0.29, 0.717) is 12.0 Å². The summed E-state index contributed by atoms with van der Waals surface area (Å²) in [4.78, 5) is 23.3. The van der Waals surface area contributed by atoms with Crippen LogP contribution < -0.4 is 0 Å². The van der Waals surface area contributed by atoms with Crippen LogP contribution in [0.4, 0.5) is 0 Å². The molecule has 90 valence electrons. The summed E-state index contributed by atoms with van der Waals surface area (Å²) in [6, 6.07) is 8.64. The summed E-state index contributed by atoms with van der Waals surface area (Å²) < 4.78 is 0. The van der Waals surface area contributed by atoms with Gasteiger partial charge in [0.05, 0.1) is 0 Å². The summed E-state index contributed by atoms with van der Waals surface area (Å²) in [6.07, 6.45) is 1.79. The normalized spacial score (nSPS) is 29.0. The molecule has 0 spiro atoms. The fourth-order valence-electron chi connectivity index (χ4n) is 2.61. The van der Waals surface area contributed by atoms with Crippen LogP contribution in [0.1, 0.15) is 31.7 Å². The van der Waals surface area contributed by atoms with Gasteiger partial charge in [-0.05, 0) is 12.8 Å². The topological polar surface area (TPSA) is 60.2 Å². The van der Waals surface area contributed by atoms with E-state index < -0.39 is 10.5 Å². The second kappa shape index (κ2) is 4.28. The number of nitro groups is 1. The predicted molar refractivity (Wildman–Crippen MR) is 63.1 cm³/mol. The standard InChI is InChI=1S/C13H15NO3/c1-10-6-5-9-13(12(10)15,14(16)17)11-7-3-2-4-8-11/h2-4,7-8,10H,5-6,9H2,1H3. The molecule has 0 heterocycles. The first-order valence-corrected chi connectivity index (χ1v) is 5.83. The van der Waals surface area contributed by atoms with Crippen LogP contribution >= 0.6 is 0 Å². The molecule has 1 fully saturated rings. The molecule has 1 saturated carbocycles. The highest BCUT2D eigenvalue weighted by Gasteiger charge is 2.55. The van der Waals surface area contributed by atoms with Crippen molar-refractivity contribution < 1.29 is 9.72 Å². The van der Waals surface area contributed by atoms with Gasteiger partial charge in [0.15, 0.2) is 0 Å². The Kier molecular flexibility index (Phi) is 2.96. The van der Waals surface area contributed by atoms with Gasteiger partial charge in [0.1, 0.15) is 0 Å². The molecule has 2 unspecified atom stereocenters. The lowest BCUT2D eigenvalue weighted by molar-refractivity contribution is -0.564. The minimum absolute atomic E-state index is 0.227. The van der Waals surface area contributed by atoms with E-state index >= 15 is 0 Å². The maximum Gasteiger partial charge on any atom is 0.304 e.